The maximum absolute atomic E-state index is 11.0. The molecule has 1 saturated heterocycles. The van der Waals surface area contributed by atoms with Gasteiger partial charge in [-0.15, -0.1) is 0 Å². The van der Waals surface area contributed by atoms with Crippen LogP contribution in [0.5, 0.6) is 5.75 Å². The molecule has 0 aromatic heterocycles. The molecule has 23 heavy (non-hydrogen) atoms. The van der Waals surface area contributed by atoms with E-state index in [1.54, 1.807) is 12.1 Å². The molecule has 0 amide bonds. The monoisotopic (exact) mass is 318 g/mol. The lowest BCUT2D eigenvalue weighted by Crippen LogP contribution is -2.41. The number of ether oxygens (including phenoxy) is 2. The molecule has 0 aliphatic carbocycles. The highest BCUT2D eigenvalue weighted by Crippen LogP contribution is 2.37. The summed E-state index contributed by atoms with van der Waals surface area (Å²) in [5.74, 6) is 2.10. The summed E-state index contributed by atoms with van der Waals surface area (Å²) in [5.41, 5.74) is 0.311. The van der Waals surface area contributed by atoms with Gasteiger partial charge in [-0.05, 0) is 45.4 Å². The van der Waals surface area contributed by atoms with Crippen molar-refractivity contribution in [1.82, 2.24) is 0 Å². The fourth-order valence-corrected chi connectivity index (χ4v) is 2.03. The molecule has 5 nitrogen and oxygen atoms in total. The molecule has 0 radical (unpaired) electrons. The zero-order valence-corrected chi connectivity index (χ0v) is 14.3. The second kappa shape index (κ2) is 6.77. The summed E-state index contributed by atoms with van der Waals surface area (Å²) < 4.78 is 21.6. The molecule has 1 aliphatic rings. The summed E-state index contributed by atoms with van der Waals surface area (Å²) in [4.78, 5) is 11.0. The molecule has 1 aromatic carbocycles. The van der Waals surface area contributed by atoms with Gasteiger partial charge in [-0.25, -0.2) is 4.79 Å². The Labute approximate surface area is 137 Å². The van der Waals surface area contributed by atoms with Crippen LogP contribution >= 0.6 is 0 Å². The summed E-state index contributed by atoms with van der Waals surface area (Å²) >= 11 is 0. The van der Waals surface area contributed by atoms with Gasteiger partial charge in [0.2, 0.25) is 0 Å². The largest absolute Gasteiger partial charge is 0.487 e. The number of methoxy groups -OCH3 is 1. The van der Waals surface area contributed by atoms with E-state index in [2.05, 4.69) is 4.74 Å². The van der Waals surface area contributed by atoms with Crippen LogP contribution in [-0.4, -0.2) is 38.0 Å². The minimum atomic E-state index is -0.408. The molecular weight excluding hydrogens is 295 g/mol. The summed E-state index contributed by atoms with van der Waals surface area (Å²) in [7, 11) is 0.963. The van der Waals surface area contributed by atoms with E-state index in [4.69, 9.17) is 14.0 Å². The van der Waals surface area contributed by atoms with Gasteiger partial charge in [-0.2, -0.15) is 0 Å². The van der Waals surface area contributed by atoms with Crippen molar-refractivity contribution >= 4 is 19.2 Å². The Morgan fingerprint density at radius 2 is 1.70 bits per heavy atom. The van der Waals surface area contributed by atoms with Crippen LogP contribution in [-0.2, 0) is 18.8 Å². The van der Waals surface area contributed by atoms with Crippen molar-refractivity contribution in [3.63, 3.8) is 0 Å². The van der Waals surface area contributed by atoms with E-state index in [1.165, 1.54) is 7.11 Å². The first-order chi connectivity index (χ1) is 10.7. The number of carbonyl (C=O) groups excluding carboxylic acids is 1. The number of hydrogen-bond acceptors (Lipinski definition) is 5. The third kappa shape index (κ3) is 4.36. The first kappa shape index (κ1) is 17.6. The van der Waals surface area contributed by atoms with Crippen molar-refractivity contribution in [3.05, 3.63) is 35.8 Å². The van der Waals surface area contributed by atoms with Crippen molar-refractivity contribution in [2.75, 3.05) is 13.7 Å². The van der Waals surface area contributed by atoms with Gasteiger partial charge in [-0.3, -0.25) is 0 Å². The third-order valence-corrected chi connectivity index (χ3v) is 4.18. The van der Waals surface area contributed by atoms with E-state index < -0.39 is 5.97 Å². The molecule has 0 bridgehead atoms. The molecule has 0 saturated carbocycles. The zero-order chi connectivity index (χ0) is 17.1. The quantitative estimate of drug-likeness (QED) is 0.617. The summed E-state index contributed by atoms with van der Waals surface area (Å²) in [6.07, 6.45) is 1.94. The van der Waals surface area contributed by atoms with Crippen LogP contribution in [0.2, 0.25) is 0 Å². The normalized spacial score (nSPS) is 19.1. The molecule has 0 atom stereocenters. The fourth-order valence-electron chi connectivity index (χ4n) is 2.03. The van der Waals surface area contributed by atoms with Crippen LogP contribution in [0.1, 0.15) is 33.3 Å². The average molecular weight is 318 g/mol. The van der Waals surface area contributed by atoms with Crippen LogP contribution in [0.4, 0.5) is 0 Å². The van der Waals surface area contributed by atoms with Gasteiger partial charge in [0.25, 0.3) is 0 Å². The predicted molar refractivity (Wildman–Crippen MR) is 89.1 cm³/mol. The van der Waals surface area contributed by atoms with E-state index in [9.17, 15) is 4.79 Å². The highest BCUT2D eigenvalue weighted by molar-refractivity contribution is 6.52. The van der Waals surface area contributed by atoms with Crippen LogP contribution in [0.3, 0.4) is 0 Å². The molecule has 1 aliphatic heterocycles. The molecule has 1 heterocycles. The van der Waals surface area contributed by atoms with E-state index in [0.717, 1.165) is 5.56 Å². The van der Waals surface area contributed by atoms with Crippen molar-refractivity contribution in [2.24, 2.45) is 0 Å². The SMILES string of the molecule is COC(=O)COc1ccc(/C=C/B2OC(C)(C)C(C)(C)O2)cc1. The minimum Gasteiger partial charge on any atom is -0.482 e. The van der Waals surface area contributed by atoms with Crippen LogP contribution in [0, 0.1) is 0 Å². The number of esters is 1. The standard InChI is InChI=1S/C17H23BO5/c1-16(2)17(3,4)23-18(22-16)11-10-13-6-8-14(9-7-13)21-12-15(19)20-5/h6-11H,12H2,1-5H3/b11-10+. The Balaban J connectivity index is 1.92. The summed E-state index contributed by atoms with van der Waals surface area (Å²) in [5, 5.41) is 0. The van der Waals surface area contributed by atoms with Gasteiger partial charge >= 0.3 is 13.1 Å². The number of rotatable bonds is 5. The van der Waals surface area contributed by atoms with Gasteiger partial charge < -0.3 is 18.8 Å². The van der Waals surface area contributed by atoms with Gasteiger partial charge in [0.15, 0.2) is 6.61 Å². The third-order valence-electron chi connectivity index (χ3n) is 4.18. The van der Waals surface area contributed by atoms with Crippen LogP contribution in [0.15, 0.2) is 30.2 Å². The van der Waals surface area contributed by atoms with Gasteiger partial charge in [0.1, 0.15) is 5.75 Å². The number of hydrogen-bond donors (Lipinski definition) is 0. The molecule has 6 heteroatoms. The second-order valence-corrected chi connectivity index (χ2v) is 6.42. The van der Waals surface area contributed by atoms with E-state index in [1.807, 2.05) is 51.9 Å². The molecular formula is C17H23BO5. The van der Waals surface area contributed by atoms with Crippen molar-refractivity contribution in [1.29, 1.82) is 0 Å². The van der Waals surface area contributed by atoms with Gasteiger partial charge in [-0.1, -0.05) is 24.2 Å². The number of carbonyl (C=O) groups is 1. The molecule has 0 unspecified atom stereocenters. The smallest absolute Gasteiger partial charge is 0.482 e. The zero-order valence-electron chi connectivity index (χ0n) is 14.3. The average Bonchev–Trinajstić information content (AvgIpc) is 2.71. The highest BCUT2D eigenvalue weighted by atomic mass is 16.7. The lowest BCUT2D eigenvalue weighted by molar-refractivity contribution is -0.142. The Morgan fingerprint density at radius 1 is 1.13 bits per heavy atom. The van der Waals surface area contributed by atoms with Gasteiger partial charge in [0.05, 0.1) is 18.3 Å². The Morgan fingerprint density at radius 3 is 2.22 bits per heavy atom. The van der Waals surface area contributed by atoms with Gasteiger partial charge in [0, 0.05) is 0 Å². The lowest BCUT2D eigenvalue weighted by Gasteiger charge is -2.32. The van der Waals surface area contributed by atoms with Crippen molar-refractivity contribution < 1.29 is 23.6 Å². The maximum atomic E-state index is 11.0. The molecule has 0 N–H and O–H groups in total. The molecule has 1 fully saturated rings. The van der Waals surface area contributed by atoms with Crippen LogP contribution < -0.4 is 4.74 Å². The highest BCUT2D eigenvalue weighted by Gasteiger charge is 2.49. The van der Waals surface area contributed by atoms with Crippen molar-refractivity contribution in [3.8, 4) is 5.75 Å². The van der Waals surface area contributed by atoms with E-state index in [0.29, 0.717) is 5.75 Å². The van der Waals surface area contributed by atoms with Crippen molar-refractivity contribution in [2.45, 2.75) is 38.9 Å². The molecule has 2 rings (SSSR count). The minimum absolute atomic E-state index is 0.0976. The Bertz CT molecular complexity index is 561. The summed E-state index contributed by atoms with van der Waals surface area (Å²) in [6, 6.07) is 7.39. The molecule has 124 valence electrons. The predicted octanol–water partition coefficient (Wildman–Crippen LogP) is 2.88. The van der Waals surface area contributed by atoms with E-state index >= 15 is 0 Å². The van der Waals surface area contributed by atoms with E-state index in [-0.39, 0.29) is 24.9 Å². The Hall–Kier alpha value is -1.79. The fraction of sp³-hybridized carbons (Fsp3) is 0.471. The second-order valence-electron chi connectivity index (χ2n) is 6.42. The molecule has 1 aromatic rings. The summed E-state index contributed by atoms with van der Waals surface area (Å²) in [6.45, 7) is 7.99. The first-order valence-electron chi connectivity index (χ1n) is 7.57. The maximum Gasteiger partial charge on any atom is 0.487 e. The molecule has 0 spiro atoms. The topological polar surface area (TPSA) is 54.0 Å². The Kier molecular flexibility index (Phi) is 5.17. The first-order valence-corrected chi connectivity index (χ1v) is 7.57. The lowest BCUT2D eigenvalue weighted by atomic mass is 9.89. The number of benzene rings is 1. The van der Waals surface area contributed by atoms with Crippen LogP contribution in [0.25, 0.3) is 6.08 Å².